The van der Waals surface area contributed by atoms with E-state index in [1.807, 2.05) is 12.1 Å². The Morgan fingerprint density at radius 2 is 1.77 bits per heavy atom. The predicted molar refractivity (Wildman–Crippen MR) is 95.4 cm³/mol. The number of hydrogen-bond acceptors (Lipinski definition) is 1. The Hall–Kier alpha value is -0.980. The average Bonchev–Trinajstić information content (AvgIpc) is 3.19. The summed E-state index contributed by atoms with van der Waals surface area (Å²) >= 11 is 0. The molecule has 1 nitrogen and oxygen atoms in total. The van der Waals surface area contributed by atoms with Crippen molar-refractivity contribution in [1.82, 2.24) is 0 Å². The molecule has 1 aromatic carbocycles. The minimum Gasteiger partial charge on any atom is -0.508 e. The fraction of sp³-hybridized carbons (Fsp3) is 0.714. The Balaban J connectivity index is 1.89. The monoisotopic (exact) mass is 302 g/mol. The molecule has 1 saturated carbocycles. The Kier molecular flexibility index (Phi) is 5.58. The second kappa shape index (κ2) is 7.06. The van der Waals surface area contributed by atoms with Crippen LogP contribution >= 0.6 is 0 Å². The Morgan fingerprint density at radius 3 is 2.41 bits per heavy atom. The van der Waals surface area contributed by atoms with Gasteiger partial charge in [-0.25, -0.2) is 0 Å². The number of benzene rings is 1. The molecule has 0 saturated heterocycles. The smallest absolute Gasteiger partial charge is 0.115 e. The highest BCUT2D eigenvalue weighted by Gasteiger charge is 2.36. The highest BCUT2D eigenvalue weighted by Crippen LogP contribution is 2.49. The molecule has 0 unspecified atom stereocenters. The molecule has 0 bridgehead atoms. The molecule has 1 N–H and O–H groups in total. The molecular weight excluding hydrogens is 268 g/mol. The first kappa shape index (κ1) is 17.4. The number of hydrogen-bond donors (Lipinski definition) is 1. The maximum Gasteiger partial charge on any atom is 0.115 e. The third-order valence-corrected chi connectivity index (χ3v) is 5.78. The Morgan fingerprint density at radius 1 is 1.09 bits per heavy atom. The first-order valence-corrected chi connectivity index (χ1v) is 9.14. The van der Waals surface area contributed by atoms with Crippen LogP contribution in [0.1, 0.15) is 83.8 Å². The topological polar surface area (TPSA) is 20.2 Å². The molecule has 0 atom stereocenters. The van der Waals surface area contributed by atoms with Crippen LogP contribution in [0.4, 0.5) is 0 Å². The zero-order chi connectivity index (χ0) is 16.2. The summed E-state index contributed by atoms with van der Waals surface area (Å²) in [6, 6.07) is 5.99. The van der Waals surface area contributed by atoms with Crippen LogP contribution in [-0.4, -0.2) is 5.11 Å². The van der Waals surface area contributed by atoms with Gasteiger partial charge in [-0.1, -0.05) is 40.2 Å². The van der Waals surface area contributed by atoms with Gasteiger partial charge in [-0.05, 0) is 85.5 Å². The third-order valence-electron chi connectivity index (χ3n) is 5.78. The molecule has 2 rings (SSSR count). The summed E-state index contributed by atoms with van der Waals surface area (Å²) in [5.74, 6) is 0.419. The second-order valence-corrected chi connectivity index (χ2v) is 8.49. The highest BCUT2D eigenvalue weighted by atomic mass is 16.3. The molecule has 0 amide bonds. The number of phenols is 1. The van der Waals surface area contributed by atoms with Gasteiger partial charge >= 0.3 is 0 Å². The molecule has 0 aliphatic heterocycles. The van der Waals surface area contributed by atoms with Crippen molar-refractivity contribution in [3.63, 3.8) is 0 Å². The second-order valence-electron chi connectivity index (χ2n) is 8.49. The SMILES string of the molecule is CCC(C)(C)CCCc1cc(O)ccc1CCCC1(C)CC1. The molecule has 0 aromatic heterocycles. The van der Waals surface area contributed by atoms with Crippen LogP contribution in [0, 0.1) is 10.8 Å². The summed E-state index contributed by atoms with van der Waals surface area (Å²) in [6.45, 7) is 9.40. The fourth-order valence-corrected chi connectivity index (χ4v) is 3.19. The molecule has 0 heterocycles. The number of aromatic hydroxyl groups is 1. The predicted octanol–water partition coefficient (Wildman–Crippen LogP) is 6.27. The van der Waals surface area contributed by atoms with Crippen LogP contribution in [0.5, 0.6) is 5.75 Å². The molecule has 1 aliphatic carbocycles. The van der Waals surface area contributed by atoms with Gasteiger partial charge < -0.3 is 5.11 Å². The maximum atomic E-state index is 9.81. The van der Waals surface area contributed by atoms with Crippen molar-refractivity contribution >= 4 is 0 Å². The molecule has 1 aromatic rings. The number of rotatable bonds is 9. The summed E-state index contributed by atoms with van der Waals surface area (Å²) in [7, 11) is 0. The van der Waals surface area contributed by atoms with E-state index in [0.717, 1.165) is 6.42 Å². The first-order chi connectivity index (χ1) is 10.3. The first-order valence-electron chi connectivity index (χ1n) is 9.14. The van der Waals surface area contributed by atoms with E-state index in [9.17, 15) is 5.11 Å². The van der Waals surface area contributed by atoms with Gasteiger partial charge in [0.15, 0.2) is 0 Å². The van der Waals surface area contributed by atoms with Gasteiger partial charge in [0.2, 0.25) is 0 Å². The van der Waals surface area contributed by atoms with E-state index in [1.165, 1.54) is 62.5 Å². The lowest BCUT2D eigenvalue weighted by Gasteiger charge is -2.22. The average molecular weight is 303 g/mol. The summed E-state index contributed by atoms with van der Waals surface area (Å²) in [5.41, 5.74) is 3.92. The zero-order valence-electron chi connectivity index (χ0n) is 15.0. The summed E-state index contributed by atoms with van der Waals surface area (Å²) in [6.07, 6.45) is 11.5. The maximum absolute atomic E-state index is 9.81. The van der Waals surface area contributed by atoms with Gasteiger partial charge in [0.25, 0.3) is 0 Å². The van der Waals surface area contributed by atoms with Crippen LogP contribution in [0.2, 0.25) is 0 Å². The van der Waals surface area contributed by atoms with Gasteiger partial charge in [0.1, 0.15) is 5.75 Å². The molecule has 1 fully saturated rings. The van der Waals surface area contributed by atoms with E-state index < -0.39 is 0 Å². The van der Waals surface area contributed by atoms with Crippen LogP contribution in [0.25, 0.3) is 0 Å². The van der Waals surface area contributed by atoms with Crippen molar-refractivity contribution in [2.75, 3.05) is 0 Å². The van der Waals surface area contributed by atoms with Crippen LogP contribution in [0.3, 0.4) is 0 Å². The lowest BCUT2D eigenvalue weighted by atomic mass is 9.83. The van der Waals surface area contributed by atoms with Gasteiger partial charge in [-0.15, -0.1) is 0 Å². The molecular formula is C21H34O. The van der Waals surface area contributed by atoms with Crippen LogP contribution in [0.15, 0.2) is 18.2 Å². The van der Waals surface area contributed by atoms with E-state index in [0.29, 0.717) is 16.6 Å². The van der Waals surface area contributed by atoms with E-state index in [4.69, 9.17) is 0 Å². The van der Waals surface area contributed by atoms with Crippen molar-refractivity contribution in [2.24, 2.45) is 10.8 Å². The molecule has 1 heteroatoms. The van der Waals surface area contributed by atoms with Gasteiger partial charge in [0.05, 0.1) is 0 Å². The lowest BCUT2D eigenvalue weighted by Crippen LogP contribution is -2.10. The largest absolute Gasteiger partial charge is 0.508 e. The standard InChI is InChI=1S/C21H34O/c1-5-20(2,3)12-6-9-18-16-19(22)11-10-17(18)8-7-13-21(4)14-15-21/h10-11,16,22H,5-9,12-15H2,1-4H3. The summed E-state index contributed by atoms with van der Waals surface area (Å²) < 4.78 is 0. The van der Waals surface area contributed by atoms with Gasteiger partial charge in [0, 0.05) is 0 Å². The number of phenolic OH excluding ortho intramolecular Hbond substituents is 1. The van der Waals surface area contributed by atoms with Crippen LogP contribution in [-0.2, 0) is 12.8 Å². The van der Waals surface area contributed by atoms with Crippen molar-refractivity contribution in [3.8, 4) is 5.75 Å². The molecule has 124 valence electrons. The fourth-order valence-electron chi connectivity index (χ4n) is 3.19. The van der Waals surface area contributed by atoms with Gasteiger partial charge in [-0.3, -0.25) is 0 Å². The zero-order valence-corrected chi connectivity index (χ0v) is 15.0. The van der Waals surface area contributed by atoms with Crippen LogP contribution < -0.4 is 0 Å². The van der Waals surface area contributed by atoms with Gasteiger partial charge in [-0.2, -0.15) is 0 Å². The molecule has 1 aliphatic rings. The molecule has 0 spiro atoms. The van der Waals surface area contributed by atoms with Crippen molar-refractivity contribution < 1.29 is 5.11 Å². The van der Waals surface area contributed by atoms with E-state index in [-0.39, 0.29) is 0 Å². The van der Waals surface area contributed by atoms with E-state index in [2.05, 4.69) is 33.8 Å². The van der Waals surface area contributed by atoms with Crippen molar-refractivity contribution in [1.29, 1.82) is 0 Å². The minimum absolute atomic E-state index is 0.419. The van der Waals surface area contributed by atoms with E-state index in [1.54, 1.807) is 0 Å². The highest BCUT2D eigenvalue weighted by molar-refractivity contribution is 5.35. The molecule has 22 heavy (non-hydrogen) atoms. The van der Waals surface area contributed by atoms with Crippen molar-refractivity contribution in [2.45, 2.75) is 85.5 Å². The number of aryl methyl sites for hydroxylation is 2. The van der Waals surface area contributed by atoms with Crippen molar-refractivity contribution in [3.05, 3.63) is 29.3 Å². The van der Waals surface area contributed by atoms with E-state index >= 15 is 0 Å². The summed E-state index contributed by atoms with van der Waals surface area (Å²) in [5, 5.41) is 9.81. The summed E-state index contributed by atoms with van der Waals surface area (Å²) in [4.78, 5) is 0. The molecule has 0 radical (unpaired) electrons. The normalized spacial score (nSPS) is 16.7. The Labute approximate surface area is 137 Å². The minimum atomic E-state index is 0.419. The lowest BCUT2D eigenvalue weighted by molar-refractivity contribution is 0.313. The Bertz CT molecular complexity index is 483. The third kappa shape index (κ3) is 5.34. The quantitative estimate of drug-likeness (QED) is 0.569.